The van der Waals surface area contributed by atoms with E-state index in [0.717, 1.165) is 17.8 Å². The Balaban J connectivity index is 2.17. The fourth-order valence-electron chi connectivity index (χ4n) is 3.09. The Morgan fingerprint density at radius 2 is 1.91 bits per heavy atom. The Hall–Kier alpha value is 0.290. The van der Waals surface area contributed by atoms with Gasteiger partial charge in [0.05, 0.1) is 0 Å². The van der Waals surface area contributed by atoms with E-state index in [0.29, 0.717) is 10.8 Å². The summed E-state index contributed by atoms with van der Waals surface area (Å²) in [6.07, 6.45) is 2.70. The molecule has 0 saturated heterocycles. The summed E-state index contributed by atoms with van der Waals surface area (Å²) in [5.41, 5.74) is 0.602. The lowest BCUT2D eigenvalue weighted by Gasteiger charge is -2.61. The Morgan fingerprint density at radius 3 is 2.27 bits per heavy atom. The van der Waals surface area contributed by atoms with E-state index in [9.17, 15) is 0 Å². The topological polar surface area (TPSA) is 0 Å². The zero-order chi connectivity index (χ0) is 8.22. The molecule has 0 aromatic carbocycles. The minimum absolute atomic E-state index is 0.465. The molecule has 64 valence electrons. The Morgan fingerprint density at radius 1 is 1.27 bits per heavy atom. The Labute approximate surface area is 74.3 Å². The molecule has 0 aromatic rings. The van der Waals surface area contributed by atoms with E-state index in [-0.39, 0.29) is 0 Å². The van der Waals surface area contributed by atoms with Crippen molar-refractivity contribution in [3.63, 3.8) is 0 Å². The molecule has 1 heteroatoms. The minimum Gasteiger partial charge on any atom is -0.123 e. The number of hydrogen-bond donors (Lipinski definition) is 0. The zero-order valence-electron chi connectivity index (χ0n) is 7.60. The molecule has 3 aliphatic rings. The lowest BCUT2D eigenvalue weighted by atomic mass is 9.46. The summed E-state index contributed by atoms with van der Waals surface area (Å²) in [5, 5.41) is 0.465. The maximum atomic E-state index is 6.22. The molecule has 11 heavy (non-hydrogen) atoms. The van der Waals surface area contributed by atoms with E-state index in [4.69, 9.17) is 11.6 Å². The van der Waals surface area contributed by atoms with Gasteiger partial charge < -0.3 is 0 Å². The summed E-state index contributed by atoms with van der Waals surface area (Å²) in [4.78, 5) is 0. The SMILES string of the molecule is C[C@@H]1[C@H]2C[C@@H](C[C@@H]1Cl)C2(C)C. The number of halogens is 1. The van der Waals surface area contributed by atoms with Gasteiger partial charge in [0.15, 0.2) is 0 Å². The van der Waals surface area contributed by atoms with Crippen molar-refractivity contribution in [1.82, 2.24) is 0 Å². The number of rotatable bonds is 0. The van der Waals surface area contributed by atoms with Crippen molar-refractivity contribution < 1.29 is 0 Å². The van der Waals surface area contributed by atoms with Crippen molar-refractivity contribution in [2.45, 2.75) is 39.0 Å². The van der Waals surface area contributed by atoms with E-state index in [1.54, 1.807) is 0 Å². The van der Waals surface area contributed by atoms with Crippen molar-refractivity contribution in [2.75, 3.05) is 0 Å². The molecular weight excluding hydrogens is 156 g/mol. The maximum Gasteiger partial charge on any atom is 0.0367 e. The minimum atomic E-state index is 0.465. The molecule has 0 nitrogen and oxygen atoms in total. The van der Waals surface area contributed by atoms with E-state index >= 15 is 0 Å². The third-order valence-corrected chi connectivity index (χ3v) is 4.84. The predicted molar refractivity (Wildman–Crippen MR) is 48.8 cm³/mol. The smallest absolute Gasteiger partial charge is 0.0367 e. The lowest BCUT2D eigenvalue weighted by molar-refractivity contribution is -0.0962. The summed E-state index contributed by atoms with van der Waals surface area (Å²) in [6.45, 7) is 7.13. The van der Waals surface area contributed by atoms with Gasteiger partial charge in [0.1, 0.15) is 0 Å². The zero-order valence-corrected chi connectivity index (χ0v) is 8.36. The van der Waals surface area contributed by atoms with Crippen molar-refractivity contribution in [3.8, 4) is 0 Å². The van der Waals surface area contributed by atoms with Crippen LogP contribution in [0.4, 0.5) is 0 Å². The quantitative estimate of drug-likeness (QED) is 0.492. The van der Waals surface area contributed by atoms with Crippen LogP contribution in [0.3, 0.4) is 0 Å². The molecule has 3 saturated carbocycles. The van der Waals surface area contributed by atoms with E-state index in [1.807, 2.05) is 0 Å². The molecule has 3 aliphatic carbocycles. The molecular formula is C10H17Cl. The van der Waals surface area contributed by atoms with Gasteiger partial charge in [-0.3, -0.25) is 0 Å². The first-order valence-electron chi connectivity index (χ1n) is 4.67. The first-order valence-corrected chi connectivity index (χ1v) is 5.11. The lowest BCUT2D eigenvalue weighted by Crippen LogP contribution is -2.55. The molecule has 3 fully saturated rings. The Kier molecular flexibility index (Phi) is 1.55. The van der Waals surface area contributed by atoms with Crippen molar-refractivity contribution in [1.29, 1.82) is 0 Å². The van der Waals surface area contributed by atoms with Gasteiger partial charge in [0.25, 0.3) is 0 Å². The highest BCUT2D eigenvalue weighted by atomic mass is 35.5. The average Bonchev–Trinajstić information content (AvgIpc) is 1.93. The molecule has 0 spiro atoms. The molecule has 0 radical (unpaired) electrons. The molecule has 2 bridgehead atoms. The highest BCUT2D eigenvalue weighted by Gasteiger charge is 2.55. The third-order valence-electron chi connectivity index (χ3n) is 4.26. The van der Waals surface area contributed by atoms with Crippen LogP contribution in [0.1, 0.15) is 33.6 Å². The van der Waals surface area contributed by atoms with Gasteiger partial charge in [0.2, 0.25) is 0 Å². The van der Waals surface area contributed by atoms with E-state index < -0.39 is 0 Å². The fraction of sp³-hybridized carbons (Fsp3) is 1.00. The van der Waals surface area contributed by atoms with Crippen molar-refractivity contribution in [2.24, 2.45) is 23.2 Å². The van der Waals surface area contributed by atoms with Gasteiger partial charge in [-0.15, -0.1) is 11.6 Å². The van der Waals surface area contributed by atoms with Crippen LogP contribution in [-0.4, -0.2) is 5.38 Å². The van der Waals surface area contributed by atoms with Gasteiger partial charge in [-0.2, -0.15) is 0 Å². The summed E-state index contributed by atoms with van der Waals surface area (Å²) in [6, 6.07) is 0. The maximum absolute atomic E-state index is 6.22. The second-order valence-corrected chi connectivity index (χ2v) is 5.53. The van der Waals surface area contributed by atoms with Gasteiger partial charge >= 0.3 is 0 Å². The van der Waals surface area contributed by atoms with Crippen molar-refractivity contribution in [3.05, 3.63) is 0 Å². The fourth-order valence-corrected chi connectivity index (χ4v) is 3.48. The van der Waals surface area contributed by atoms with Gasteiger partial charge in [-0.05, 0) is 36.0 Å². The highest BCUT2D eigenvalue weighted by molar-refractivity contribution is 6.20. The highest BCUT2D eigenvalue weighted by Crippen LogP contribution is 2.62. The van der Waals surface area contributed by atoms with Crippen LogP contribution >= 0.6 is 11.6 Å². The summed E-state index contributed by atoms with van der Waals surface area (Å²) in [7, 11) is 0. The normalized spacial score (nSPS) is 53.5. The Bertz CT molecular complexity index is 174. The van der Waals surface area contributed by atoms with Crippen LogP contribution in [0.25, 0.3) is 0 Å². The number of alkyl halides is 1. The van der Waals surface area contributed by atoms with Crippen LogP contribution in [0.2, 0.25) is 0 Å². The van der Waals surface area contributed by atoms with Gasteiger partial charge in [-0.25, -0.2) is 0 Å². The van der Waals surface area contributed by atoms with Crippen LogP contribution < -0.4 is 0 Å². The second kappa shape index (κ2) is 2.16. The number of fused-ring (bicyclic) bond motifs is 2. The van der Waals surface area contributed by atoms with E-state index in [2.05, 4.69) is 20.8 Å². The average molecular weight is 173 g/mol. The molecule has 0 heterocycles. The summed E-state index contributed by atoms with van der Waals surface area (Å²) >= 11 is 6.22. The molecule has 0 aromatic heterocycles. The molecule has 0 amide bonds. The van der Waals surface area contributed by atoms with Crippen LogP contribution in [0, 0.1) is 23.2 Å². The monoisotopic (exact) mass is 172 g/mol. The molecule has 0 N–H and O–H groups in total. The van der Waals surface area contributed by atoms with Crippen LogP contribution in [-0.2, 0) is 0 Å². The molecule has 3 rings (SSSR count). The van der Waals surface area contributed by atoms with Crippen LogP contribution in [0.15, 0.2) is 0 Å². The van der Waals surface area contributed by atoms with E-state index in [1.165, 1.54) is 12.8 Å². The molecule has 4 atom stereocenters. The van der Waals surface area contributed by atoms with Crippen LogP contribution in [0.5, 0.6) is 0 Å². The summed E-state index contributed by atoms with van der Waals surface area (Å²) in [5.74, 6) is 2.58. The largest absolute Gasteiger partial charge is 0.123 e. The first kappa shape index (κ1) is 7.91. The molecule has 0 unspecified atom stereocenters. The second-order valence-electron chi connectivity index (χ2n) is 4.97. The predicted octanol–water partition coefficient (Wildman–Crippen LogP) is 3.30. The van der Waals surface area contributed by atoms with Gasteiger partial charge in [-0.1, -0.05) is 20.8 Å². The van der Waals surface area contributed by atoms with Crippen molar-refractivity contribution >= 4 is 11.6 Å². The van der Waals surface area contributed by atoms with Gasteiger partial charge in [0, 0.05) is 5.38 Å². The third kappa shape index (κ3) is 0.884. The molecule has 0 aliphatic heterocycles. The summed E-state index contributed by atoms with van der Waals surface area (Å²) < 4.78 is 0. The first-order chi connectivity index (χ1) is 5.03. The number of hydrogen-bond acceptors (Lipinski definition) is 0. The standard InChI is InChI=1S/C10H17Cl/c1-6-8-4-7(5-9(6)11)10(8,2)3/h6-9H,4-5H2,1-3H3/t6-,7+,8-,9+/m1/s1.